The Balaban J connectivity index is 1.56. The Morgan fingerprint density at radius 1 is 1.35 bits per heavy atom. The lowest BCUT2D eigenvalue weighted by atomic mass is 9.83. The molecule has 1 atom stereocenters. The normalized spacial score (nSPS) is 21.9. The topological polar surface area (TPSA) is 61.4 Å². The van der Waals surface area contributed by atoms with Crippen molar-refractivity contribution in [2.75, 3.05) is 13.2 Å². The summed E-state index contributed by atoms with van der Waals surface area (Å²) in [5.74, 6) is -0.180. The van der Waals surface area contributed by atoms with E-state index in [-0.39, 0.29) is 29.9 Å². The average molecular weight is 320 g/mol. The summed E-state index contributed by atoms with van der Waals surface area (Å²) >= 11 is 0. The molecule has 2 aliphatic carbocycles. The quantitative estimate of drug-likeness (QED) is 0.781. The molecule has 23 heavy (non-hydrogen) atoms. The number of nitrogens with one attached hydrogen (secondary N) is 2. The molecule has 1 aromatic carbocycles. The van der Waals surface area contributed by atoms with Gasteiger partial charge in [-0.2, -0.15) is 0 Å². The molecule has 3 N–H and O–H groups in total. The van der Waals surface area contributed by atoms with Crippen LogP contribution in [0.15, 0.2) is 18.2 Å². The number of carbonyl (C=O) groups is 1. The van der Waals surface area contributed by atoms with Crippen LogP contribution in [0.2, 0.25) is 0 Å². The summed E-state index contributed by atoms with van der Waals surface area (Å²) in [6, 6.07) is 4.75. The van der Waals surface area contributed by atoms with Gasteiger partial charge < -0.3 is 15.7 Å². The van der Waals surface area contributed by atoms with Crippen molar-refractivity contribution in [3.63, 3.8) is 0 Å². The van der Waals surface area contributed by atoms with Crippen molar-refractivity contribution in [1.82, 2.24) is 10.6 Å². The number of fused-ring (bicyclic) bond motifs is 1. The van der Waals surface area contributed by atoms with Crippen molar-refractivity contribution in [2.45, 2.75) is 51.0 Å². The van der Waals surface area contributed by atoms with Gasteiger partial charge >= 0.3 is 6.03 Å². The number of aliphatic hydroxyl groups is 1. The molecule has 0 bridgehead atoms. The van der Waals surface area contributed by atoms with Crippen LogP contribution in [0.3, 0.4) is 0 Å². The third kappa shape index (κ3) is 3.50. The minimum atomic E-state index is -0.198. The first-order valence-electron chi connectivity index (χ1n) is 8.56. The third-order valence-corrected chi connectivity index (χ3v) is 5.45. The molecule has 1 aromatic rings. The molecule has 0 radical (unpaired) electrons. The van der Waals surface area contributed by atoms with Crippen LogP contribution in [0.5, 0.6) is 0 Å². The number of hydrogen-bond donors (Lipinski definition) is 3. The summed E-state index contributed by atoms with van der Waals surface area (Å²) < 4.78 is 13.7. The van der Waals surface area contributed by atoms with Gasteiger partial charge in [-0.3, -0.25) is 0 Å². The van der Waals surface area contributed by atoms with Gasteiger partial charge in [-0.05, 0) is 54.7 Å². The van der Waals surface area contributed by atoms with E-state index in [1.54, 1.807) is 6.07 Å². The molecule has 0 aromatic heterocycles. The molecule has 4 nitrogen and oxygen atoms in total. The maximum Gasteiger partial charge on any atom is 0.315 e. The Morgan fingerprint density at radius 3 is 2.87 bits per heavy atom. The minimum Gasteiger partial charge on any atom is -0.396 e. The Bertz CT molecular complexity index is 570. The maximum absolute atomic E-state index is 13.7. The van der Waals surface area contributed by atoms with E-state index in [0.29, 0.717) is 13.0 Å². The molecule has 3 rings (SSSR count). The van der Waals surface area contributed by atoms with Gasteiger partial charge in [0.1, 0.15) is 5.82 Å². The SMILES string of the molecule is O=C(NCC1(CCO)CCCC1)N[C@H]1CCc2c(F)cccc21. The largest absolute Gasteiger partial charge is 0.396 e. The summed E-state index contributed by atoms with van der Waals surface area (Å²) in [4.78, 5) is 12.2. The number of benzene rings is 1. The van der Waals surface area contributed by atoms with Gasteiger partial charge in [0, 0.05) is 13.2 Å². The number of halogens is 1. The zero-order valence-electron chi connectivity index (χ0n) is 13.4. The number of rotatable bonds is 5. The molecule has 126 valence electrons. The summed E-state index contributed by atoms with van der Waals surface area (Å²) in [6.07, 6.45) is 6.60. The molecule has 0 heterocycles. The number of urea groups is 1. The first-order valence-corrected chi connectivity index (χ1v) is 8.56. The monoisotopic (exact) mass is 320 g/mol. The molecule has 0 spiro atoms. The predicted octanol–water partition coefficient (Wildman–Crippen LogP) is 3.06. The maximum atomic E-state index is 13.7. The molecule has 2 aliphatic rings. The van der Waals surface area contributed by atoms with Gasteiger partial charge in [0.15, 0.2) is 0 Å². The van der Waals surface area contributed by atoms with Crippen molar-refractivity contribution in [3.05, 3.63) is 35.1 Å². The van der Waals surface area contributed by atoms with Crippen molar-refractivity contribution in [2.24, 2.45) is 5.41 Å². The molecule has 0 unspecified atom stereocenters. The Hall–Kier alpha value is -1.62. The number of aliphatic hydroxyl groups excluding tert-OH is 1. The number of hydrogen-bond acceptors (Lipinski definition) is 2. The van der Waals surface area contributed by atoms with Crippen LogP contribution in [0.25, 0.3) is 0 Å². The second-order valence-electron chi connectivity index (χ2n) is 6.91. The second-order valence-corrected chi connectivity index (χ2v) is 6.91. The van der Waals surface area contributed by atoms with Gasteiger partial charge in [0.05, 0.1) is 6.04 Å². The molecule has 1 saturated carbocycles. The van der Waals surface area contributed by atoms with Gasteiger partial charge in [-0.15, -0.1) is 0 Å². The van der Waals surface area contributed by atoms with E-state index in [1.807, 2.05) is 6.07 Å². The van der Waals surface area contributed by atoms with Gasteiger partial charge in [-0.1, -0.05) is 25.0 Å². The molecule has 0 saturated heterocycles. The average Bonchev–Trinajstić information content (AvgIpc) is 3.15. The van der Waals surface area contributed by atoms with E-state index in [0.717, 1.165) is 36.8 Å². The van der Waals surface area contributed by atoms with E-state index in [9.17, 15) is 14.3 Å². The van der Waals surface area contributed by atoms with Crippen LogP contribution in [-0.2, 0) is 6.42 Å². The van der Waals surface area contributed by atoms with E-state index >= 15 is 0 Å². The second kappa shape index (κ2) is 6.87. The molecular weight excluding hydrogens is 295 g/mol. The van der Waals surface area contributed by atoms with Gasteiger partial charge in [-0.25, -0.2) is 9.18 Å². The van der Waals surface area contributed by atoms with Gasteiger partial charge in [0.2, 0.25) is 0 Å². The lowest BCUT2D eigenvalue weighted by molar-refractivity contribution is 0.177. The molecule has 2 amide bonds. The van der Waals surface area contributed by atoms with Crippen LogP contribution < -0.4 is 10.6 Å². The lowest BCUT2D eigenvalue weighted by Crippen LogP contribution is -2.43. The van der Waals surface area contributed by atoms with E-state index in [1.165, 1.54) is 18.9 Å². The minimum absolute atomic E-state index is 0.0474. The molecular formula is C18H25FN2O2. The van der Waals surface area contributed by atoms with Crippen LogP contribution >= 0.6 is 0 Å². The standard InChI is InChI=1S/C18H25FN2O2/c19-15-5-3-4-14-13(15)6-7-16(14)21-17(23)20-12-18(10-11-22)8-1-2-9-18/h3-5,16,22H,1-2,6-12H2,(H2,20,21,23)/t16-/m0/s1. The smallest absolute Gasteiger partial charge is 0.315 e. The molecule has 0 aliphatic heterocycles. The van der Waals surface area contributed by atoms with Crippen LogP contribution in [0, 0.1) is 11.2 Å². The Labute approximate surface area is 136 Å². The van der Waals surface area contributed by atoms with Crippen molar-refractivity contribution < 1.29 is 14.3 Å². The first-order chi connectivity index (χ1) is 11.1. The van der Waals surface area contributed by atoms with Gasteiger partial charge in [0.25, 0.3) is 0 Å². The highest BCUT2D eigenvalue weighted by Gasteiger charge is 2.34. The van der Waals surface area contributed by atoms with Crippen molar-refractivity contribution in [3.8, 4) is 0 Å². The highest BCUT2D eigenvalue weighted by Crippen LogP contribution is 2.40. The first kappa shape index (κ1) is 16.2. The third-order valence-electron chi connectivity index (χ3n) is 5.45. The highest BCUT2D eigenvalue weighted by molar-refractivity contribution is 5.74. The van der Waals surface area contributed by atoms with E-state index in [4.69, 9.17) is 0 Å². The number of amides is 2. The van der Waals surface area contributed by atoms with Crippen LogP contribution in [0.4, 0.5) is 9.18 Å². The zero-order chi connectivity index (χ0) is 16.3. The summed E-state index contributed by atoms with van der Waals surface area (Å²) in [5, 5.41) is 15.2. The predicted molar refractivity (Wildman–Crippen MR) is 86.6 cm³/mol. The summed E-state index contributed by atoms with van der Waals surface area (Å²) in [7, 11) is 0. The van der Waals surface area contributed by atoms with Crippen LogP contribution in [-0.4, -0.2) is 24.3 Å². The van der Waals surface area contributed by atoms with E-state index < -0.39 is 0 Å². The lowest BCUT2D eigenvalue weighted by Gasteiger charge is -2.29. The number of carbonyl (C=O) groups excluding carboxylic acids is 1. The molecule has 5 heteroatoms. The highest BCUT2D eigenvalue weighted by atomic mass is 19.1. The fraction of sp³-hybridized carbons (Fsp3) is 0.611. The van der Waals surface area contributed by atoms with Crippen molar-refractivity contribution >= 4 is 6.03 Å². The Kier molecular flexibility index (Phi) is 4.85. The summed E-state index contributed by atoms with van der Waals surface area (Å²) in [5.41, 5.74) is 1.67. The molecule has 1 fully saturated rings. The zero-order valence-corrected chi connectivity index (χ0v) is 13.4. The Morgan fingerprint density at radius 2 is 2.13 bits per heavy atom. The fourth-order valence-electron chi connectivity index (χ4n) is 4.11. The fourth-order valence-corrected chi connectivity index (χ4v) is 4.11. The summed E-state index contributed by atoms with van der Waals surface area (Å²) in [6.45, 7) is 0.765. The van der Waals surface area contributed by atoms with Crippen LogP contribution in [0.1, 0.15) is 55.7 Å². The van der Waals surface area contributed by atoms with E-state index in [2.05, 4.69) is 10.6 Å². The van der Waals surface area contributed by atoms with Crippen molar-refractivity contribution in [1.29, 1.82) is 0 Å².